The number of nitriles is 1. The fraction of sp³-hybridized carbons (Fsp3) is 0.263. The van der Waals surface area contributed by atoms with Crippen molar-refractivity contribution in [1.29, 1.82) is 5.26 Å². The van der Waals surface area contributed by atoms with Crippen molar-refractivity contribution >= 4 is 22.6 Å². The zero-order valence-corrected chi connectivity index (χ0v) is 14.7. The fourth-order valence-corrected chi connectivity index (χ4v) is 2.78. The molecule has 6 nitrogen and oxygen atoms in total. The third-order valence-electron chi connectivity index (χ3n) is 4.08. The molecule has 2 heterocycles. The fourth-order valence-electron chi connectivity index (χ4n) is 2.78. The summed E-state index contributed by atoms with van der Waals surface area (Å²) in [6.07, 6.45) is 1.69. The maximum atomic E-state index is 13.1. The van der Waals surface area contributed by atoms with E-state index in [9.17, 15) is 4.79 Å². The zero-order chi connectivity index (χ0) is 18.1. The highest BCUT2D eigenvalue weighted by Crippen LogP contribution is 2.24. The van der Waals surface area contributed by atoms with Crippen LogP contribution in [0.25, 0.3) is 11.0 Å². The van der Waals surface area contributed by atoms with Crippen molar-refractivity contribution in [3.63, 3.8) is 0 Å². The highest BCUT2D eigenvalue weighted by Gasteiger charge is 2.20. The number of carbonyl (C=O) groups excluding carboxylic acids is 1. The van der Waals surface area contributed by atoms with Gasteiger partial charge in [0.25, 0.3) is 5.91 Å². The van der Waals surface area contributed by atoms with E-state index in [2.05, 4.69) is 16.2 Å². The van der Waals surface area contributed by atoms with Gasteiger partial charge in [-0.3, -0.25) is 4.79 Å². The van der Waals surface area contributed by atoms with Crippen LogP contribution >= 0.6 is 0 Å². The average Bonchev–Trinajstić information content (AvgIpc) is 3.03. The SMILES string of the molecule is Cc1cc(C(=O)N(C)c2cccc(C#N)c2)c2cnn(C(C)C)c2n1. The van der Waals surface area contributed by atoms with Crippen molar-refractivity contribution in [3.05, 3.63) is 53.3 Å². The molecule has 0 unspecified atom stereocenters. The maximum Gasteiger partial charge on any atom is 0.258 e. The molecule has 126 valence electrons. The number of aromatic nitrogens is 3. The van der Waals surface area contributed by atoms with E-state index in [4.69, 9.17) is 5.26 Å². The Kier molecular flexibility index (Phi) is 4.24. The largest absolute Gasteiger partial charge is 0.311 e. The van der Waals surface area contributed by atoms with Crippen molar-refractivity contribution in [2.75, 3.05) is 11.9 Å². The molecular formula is C19H19N5O. The Balaban J connectivity index is 2.09. The molecule has 0 N–H and O–H groups in total. The Morgan fingerprint density at radius 1 is 1.32 bits per heavy atom. The first kappa shape index (κ1) is 16.7. The Labute approximate surface area is 146 Å². The summed E-state index contributed by atoms with van der Waals surface area (Å²) in [7, 11) is 1.70. The van der Waals surface area contributed by atoms with Gasteiger partial charge in [0, 0.05) is 24.5 Å². The van der Waals surface area contributed by atoms with E-state index in [1.165, 1.54) is 0 Å². The molecule has 3 aromatic rings. The summed E-state index contributed by atoms with van der Waals surface area (Å²) in [5, 5.41) is 14.2. The summed E-state index contributed by atoms with van der Waals surface area (Å²) in [5.41, 5.74) is 3.21. The lowest BCUT2D eigenvalue weighted by Crippen LogP contribution is -2.26. The molecule has 3 rings (SSSR count). The third kappa shape index (κ3) is 2.96. The molecule has 2 aromatic heterocycles. The molecular weight excluding hydrogens is 314 g/mol. The van der Waals surface area contributed by atoms with Gasteiger partial charge in [-0.15, -0.1) is 0 Å². The van der Waals surface area contributed by atoms with Gasteiger partial charge in [0.15, 0.2) is 5.65 Å². The van der Waals surface area contributed by atoms with E-state index >= 15 is 0 Å². The maximum absolute atomic E-state index is 13.1. The zero-order valence-electron chi connectivity index (χ0n) is 14.7. The van der Waals surface area contributed by atoms with Crippen LogP contribution in [0.4, 0.5) is 5.69 Å². The molecule has 0 radical (unpaired) electrons. The average molecular weight is 333 g/mol. The van der Waals surface area contributed by atoms with Crippen molar-refractivity contribution in [2.24, 2.45) is 0 Å². The van der Waals surface area contributed by atoms with Crippen molar-refractivity contribution in [2.45, 2.75) is 26.8 Å². The second kappa shape index (κ2) is 6.36. The Morgan fingerprint density at radius 3 is 2.76 bits per heavy atom. The van der Waals surface area contributed by atoms with E-state index in [1.807, 2.05) is 31.5 Å². The van der Waals surface area contributed by atoms with Gasteiger partial charge in [0.2, 0.25) is 0 Å². The Morgan fingerprint density at radius 2 is 2.08 bits per heavy atom. The number of hydrogen-bond acceptors (Lipinski definition) is 4. The third-order valence-corrected chi connectivity index (χ3v) is 4.08. The number of fused-ring (bicyclic) bond motifs is 1. The first-order valence-corrected chi connectivity index (χ1v) is 8.05. The van der Waals surface area contributed by atoms with Crippen LogP contribution < -0.4 is 4.90 Å². The first-order chi connectivity index (χ1) is 11.9. The smallest absolute Gasteiger partial charge is 0.258 e. The van der Waals surface area contributed by atoms with Crippen LogP contribution in [0.2, 0.25) is 0 Å². The lowest BCUT2D eigenvalue weighted by molar-refractivity contribution is 0.0994. The summed E-state index contributed by atoms with van der Waals surface area (Å²) < 4.78 is 1.81. The predicted octanol–water partition coefficient (Wildman–Crippen LogP) is 3.47. The van der Waals surface area contributed by atoms with Crippen molar-refractivity contribution in [3.8, 4) is 6.07 Å². The Hall–Kier alpha value is -3.20. The highest BCUT2D eigenvalue weighted by atomic mass is 16.2. The number of pyridine rings is 1. The molecule has 0 saturated carbocycles. The molecule has 1 amide bonds. The number of hydrogen-bond donors (Lipinski definition) is 0. The van der Waals surface area contributed by atoms with Crippen LogP contribution in [-0.4, -0.2) is 27.7 Å². The van der Waals surface area contributed by atoms with Gasteiger partial charge in [0.1, 0.15) is 0 Å². The van der Waals surface area contributed by atoms with E-state index in [0.717, 1.165) is 11.1 Å². The van der Waals surface area contributed by atoms with Crippen LogP contribution in [0.5, 0.6) is 0 Å². The number of carbonyl (C=O) groups is 1. The van der Waals surface area contributed by atoms with E-state index in [-0.39, 0.29) is 11.9 Å². The normalized spacial score (nSPS) is 10.9. The van der Waals surface area contributed by atoms with Crippen LogP contribution in [-0.2, 0) is 0 Å². The summed E-state index contributed by atoms with van der Waals surface area (Å²) in [4.78, 5) is 19.2. The second-order valence-electron chi connectivity index (χ2n) is 6.26. The number of amides is 1. The minimum atomic E-state index is -0.158. The van der Waals surface area contributed by atoms with E-state index in [1.54, 1.807) is 42.4 Å². The summed E-state index contributed by atoms with van der Waals surface area (Å²) in [6, 6.07) is 11.0. The van der Waals surface area contributed by atoms with Gasteiger partial charge in [-0.25, -0.2) is 9.67 Å². The lowest BCUT2D eigenvalue weighted by atomic mass is 10.1. The number of rotatable bonds is 3. The van der Waals surface area contributed by atoms with Gasteiger partial charge in [0.05, 0.1) is 28.8 Å². The molecule has 25 heavy (non-hydrogen) atoms. The highest BCUT2D eigenvalue weighted by molar-refractivity contribution is 6.13. The van der Waals surface area contributed by atoms with E-state index < -0.39 is 0 Å². The van der Waals surface area contributed by atoms with Crippen molar-refractivity contribution in [1.82, 2.24) is 14.8 Å². The molecule has 0 atom stereocenters. The standard InChI is InChI=1S/C19H19N5O/c1-12(2)24-18-17(11-21-24)16(8-13(3)22-18)19(25)23(4)15-7-5-6-14(9-15)10-20/h5-9,11-12H,1-4H3. The van der Waals surface area contributed by atoms with Gasteiger partial charge < -0.3 is 4.90 Å². The molecule has 0 aliphatic carbocycles. The van der Waals surface area contributed by atoms with Crippen LogP contribution in [0.15, 0.2) is 36.5 Å². The summed E-state index contributed by atoms with van der Waals surface area (Å²) in [5.74, 6) is -0.158. The lowest BCUT2D eigenvalue weighted by Gasteiger charge is -2.18. The van der Waals surface area contributed by atoms with Gasteiger partial charge in [-0.1, -0.05) is 6.07 Å². The molecule has 0 aliphatic heterocycles. The number of aryl methyl sites for hydroxylation is 1. The molecule has 1 aromatic carbocycles. The topological polar surface area (TPSA) is 74.8 Å². The predicted molar refractivity (Wildman–Crippen MR) is 96.5 cm³/mol. The van der Waals surface area contributed by atoms with Crippen molar-refractivity contribution < 1.29 is 4.79 Å². The molecule has 0 saturated heterocycles. The minimum absolute atomic E-state index is 0.153. The second-order valence-corrected chi connectivity index (χ2v) is 6.26. The molecule has 0 bridgehead atoms. The number of benzene rings is 1. The molecule has 0 spiro atoms. The summed E-state index contributed by atoms with van der Waals surface area (Å²) in [6.45, 7) is 5.92. The molecule has 0 aliphatic rings. The van der Waals surface area contributed by atoms with Crippen LogP contribution in [0, 0.1) is 18.3 Å². The van der Waals surface area contributed by atoms with Gasteiger partial charge in [-0.05, 0) is 45.0 Å². The number of anilines is 1. The van der Waals surface area contributed by atoms with E-state index in [0.29, 0.717) is 22.5 Å². The molecule has 0 fully saturated rings. The minimum Gasteiger partial charge on any atom is -0.311 e. The first-order valence-electron chi connectivity index (χ1n) is 8.05. The quantitative estimate of drug-likeness (QED) is 0.735. The Bertz CT molecular complexity index is 997. The van der Waals surface area contributed by atoms with Gasteiger partial charge >= 0.3 is 0 Å². The monoisotopic (exact) mass is 333 g/mol. The summed E-state index contributed by atoms with van der Waals surface area (Å²) >= 11 is 0. The van der Waals surface area contributed by atoms with Crippen LogP contribution in [0.1, 0.15) is 41.5 Å². The molecule has 6 heteroatoms. The van der Waals surface area contributed by atoms with Crippen LogP contribution in [0.3, 0.4) is 0 Å². The number of nitrogens with zero attached hydrogens (tertiary/aromatic N) is 5. The van der Waals surface area contributed by atoms with Gasteiger partial charge in [-0.2, -0.15) is 10.4 Å².